The topological polar surface area (TPSA) is 9.23 Å². The van der Waals surface area contributed by atoms with E-state index < -0.39 is 0 Å². The summed E-state index contributed by atoms with van der Waals surface area (Å²) >= 11 is 0. The molecule has 0 atom stereocenters. The molecule has 2 aromatic carbocycles. The summed E-state index contributed by atoms with van der Waals surface area (Å²) in [6.45, 7) is 1.06. The lowest BCUT2D eigenvalue weighted by Crippen LogP contribution is -2.06. The van der Waals surface area contributed by atoms with E-state index in [0.29, 0.717) is 0 Å². The fourth-order valence-corrected chi connectivity index (χ4v) is 3.12. The highest BCUT2D eigenvalue weighted by Crippen LogP contribution is 2.17. The van der Waals surface area contributed by atoms with Gasteiger partial charge in [0.1, 0.15) is 0 Å². The highest BCUT2D eigenvalue weighted by Gasteiger charge is 1.96. The van der Waals surface area contributed by atoms with Gasteiger partial charge < -0.3 is 4.43 Å². The second-order valence-electron chi connectivity index (χ2n) is 4.41. The van der Waals surface area contributed by atoms with E-state index in [1.54, 1.807) is 0 Å². The molecule has 1 saturated heterocycles. The molecule has 18 heavy (non-hydrogen) atoms. The third-order valence-corrected chi connectivity index (χ3v) is 4.32. The van der Waals surface area contributed by atoms with Crippen molar-refractivity contribution in [3.8, 4) is 11.1 Å². The van der Waals surface area contributed by atoms with Crippen molar-refractivity contribution in [2.24, 2.45) is 0 Å². The molecule has 3 rings (SSSR count). The first kappa shape index (κ1) is 13.1. The summed E-state index contributed by atoms with van der Waals surface area (Å²) in [4.78, 5) is 0. The zero-order valence-corrected chi connectivity index (χ0v) is 12.1. The van der Waals surface area contributed by atoms with E-state index in [2.05, 4.69) is 48.5 Å². The number of benzene rings is 2. The smallest absolute Gasteiger partial charge is 0.161 e. The van der Waals surface area contributed by atoms with Gasteiger partial charge in [-0.1, -0.05) is 67.1 Å². The molecule has 0 unspecified atom stereocenters. The van der Waals surface area contributed by atoms with Crippen molar-refractivity contribution in [3.63, 3.8) is 0 Å². The largest absolute Gasteiger partial charge is 0.424 e. The van der Waals surface area contributed by atoms with Crippen LogP contribution >= 0.6 is 0 Å². The van der Waals surface area contributed by atoms with Gasteiger partial charge in [-0.25, -0.2) is 0 Å². The Hall–Kier alpha value is -1.38. The van der Waals surface area contributed by atoms with Crippen molar-refractivity contribution in [1.29, 1.82) is 0 Å². The first-order valence-corrected chi connectivity index (χ1v) is 8.23. The minimum absolute atomic E-state index is 0.00849. The van der Waals surface area contributed by atoms with Crippen LogP contribution in [0.3, 0.4) is 0 Å². The van der Waals surface area contributed by atoms with Gasteiger partial charge in [0.05, 0.1) is 0 Å². The molecule has 2 heteroatoms. The Kier molecular flexibility index (Phi) is 5.69. The van der Waals surface area contributed by atoms with E-state index in [-0.39, 0.29) is 9.76 Å². The molecule has 1 aliphatic rings. The average molecular weight is 256 g/mol. The van der Waals surface area contributed by atoms with E-state index in [4.69, 9.17) is 4.43 Å². The van der Waals surface area contributed by atoms with Crippen LogP contribution in [0.15, 0.2) is 60.7 Å². The van der Waals surface area contributed by atoms with Crippen molar-refractivity contribution >= 4 is 9.76 Å². The normalized spacial score (nSPS) is 15.8. The maximum Gasteiger partial charge on any atom is 0.161 e. The SMILES string of the molecule is C1CC[SiH2]OC1.c1ccc(-c2ccccc2)cc1. The lowest BCUT2D eigenvalue weighted by molar-refractivity contribution is 0.304. The van der Waals surface area contributed by atoms with E-state index in [1.165, 1.54) is 30.0 Å². The molecule has 0 spiro atoms. The van der Waals surface area contributed by atoms with Crippen LogP contribution in [0.5, 0.6) is 0 Å². The third kappa shape index (κ3) is 4.47. The minimum atomic E-state index is 0.00849. The Morgan fingerprint density at radius 2 is 1.28 bits per heavy atom. The molecular formula is C16H20OSi. The molecule has 1 aliphatic heterocycles. The van der Waals surface area contributed by atoms with Gasteiger partial charge in [-0.05, 0) is 23.6 Å². The van der Waals surface area contributed by atoms with Gasteiger partial charge in [-0.2, -0.15) is 0 Å². The summed E-state index contributed by atoms with van der Waals surface area (Å²) in [5, 5.41) is 0. The Bertz CT molecular complexity index is 374. The molecule has 94 valence electrons. The van der Waals surface area contributed by atoms with Crippen LogP contribution < -0.4 is 0 Å². The highest BCUT2D eigenvalue weighted by atomic mass is 28.2. The fraction of sp³-hybridized carbons (Fsp3) is 0.250. The molecular weight excluding hydrogens is 236 g/mol. The molecule has 1 nitrogen and oxygen atoms in total. The maximum atomic E-state index is 5.21. The number of rotatable bonds is 1. The molecule has 0 bridgehead atoms. The Labute approximate surface area is 112 Å². The van der Waals surface area contributed by atoms with Crippen LogP contribution in [0.25, 0.3) is 11.1 Å². The van der Waals surface area contributed by atoms with Gasteiger partial charge in [0.15, 0.2) is 9.76 Å². The monoisotopic (exact) mass is 256 g/mol. The molecule has 0 aliphatic carbocycles. The van der Waals surface area contributed by atoms with Crippen molar-refractivity contribution in [3.05, 3.63) is 60.7 Å². The Balaban J connectivity index is 0.000000169. The second-order valence-corrected chi connectivity index (χ2v) is 5.93. The van der Waals surface area contributed by atoms with E-state index in [9.17, 15) is 0 Å². The van der Waals surface area contributed by atoms with Crippen molar-refractivity contribution < 1.29 is 4.43 Å². The van der Waals surface area contributed by atoms with Crippen molar-refractivity contribution in [1.82, 2.24) is 0 Å². The summed E-state index contributed by atoms with van der Waals surface area (Å²) in [7, 11) is 0.00849. The standard InChI is InChI=1S/C12H10.C4H10OSi/c1-3-7-11(8-4-1)12-9-5-2-6-10-12;1-2-4-6-5-3-1/h1-10H;1-4,6H2. The van der Waals surface area contributed by atoms with E-state index >= 15 is 0 Å². The predicted octanol–water partition coefficient (Wildman–Crippen LogP) is 3.65. The average Bonchev–Trinajstić information content (AvgIpc) is 2.51. The first-order chi connectivity index (χ1) is 8.97. The van der Waals surface area contributed by atoms with Gasteiger partial charge >= 0.3 is 0 Å². The summed E-state index contributed by atoms with van der Waals surface area (Å²) in [5.74, 6) is 0. The zero-order valence-electron chi connectivity index (χ0n) is 10.7. The predicted molar refractivity (Wildman–Crippen MR) is 80.4 cm³/mol. The lowest BCUT2D eigenvalue weighted by Gasteiger charge is -2.07. The van der Waals surface area contributed by atoms with Gasteiger partial charge in [-0.15, -0.1) is 0 Å². The maximum absolute atomic E-state index is 5.21. The zero-order chi connectivity index (χ0) is 12.5. The molecule has 1 fully saturated rings. The number of hydrogen-bond donors (Lipinski definition) is 0. The van der Waals surface area contributed by atoms with Crippen LogP contribution in [0.4, 0.5) is 0 Å². The van der Waals surface area contributed by atoms with Gasteiger partial charge in [0.2, 0.25) is 0 Å². The lowest BCUT2D eigenvalue weighted by atomic mass is 10.1. The molecule has 2 aromatic rings. The van der Waals surface area contributed by atoms with Crippen LogP contribution in [-0.4, -0.2) is 16.4 Å². The second kappa shape index (κ2) is 7.85. The first-order valence-electron chi connectivity index (χ1n) is 6.65. The summed E-state index contributed by atoms with van der Waals surface area (Å²) < 4.78 is 5.21. The van der Waals surface area contributed by atoms with E-state index in [1.807, 2.05) is 12.1 Å². The summed E-state index contributed by atoms with van der Waals surface area (Å²) in [6.07, 6.45) is 2.75. The molecule has 1 heterocycles. The molecule has 0 amide bonds. The van der Waals surface area contributed by atoms with E-state index in [0.717, 1.165) is 6.61 Å². The molecule has 0 saturated carbocycles. The van der Waals surface area contributed by atoms with Crippen molar-refractivity contribution in [2.75, 3.05) is 6.61 Å². The van der Waals surface area contributed by atoms with Gasteiger partial charge in [0, 0.05) is 6.61 Å². The minimum Gasteiger partial charge on any atom is -0.424 e. The Morgan fingerprint density at radius 1 is 0.722 bits per heavy atom. The van der Waals surface area contributed by atoms with Gasteiger partial charge in [-0.3, -0.25) is 0 Å². The highest BCUT2D eigenvalue weighted by molar-refractivity contribution is 6.27. The van der Waals surface area contributed by atoms with Crippen LogP contribution in [0.1, 0.15) is 12.8 Å². The summed E-state index contributed by atoms with van der Waals surface area (Å²) in [6, 6.07) is 22.2. The molecule has 0 radical (unpaired) electrons. The summed E-state index contributed by atoms with van der Waals surface area (Å²) in [5.41, 5.74) is 2.55. The van der Waals surface area contributed by atoms with Crippen molar-refractivity contribution in [2.45, 2.75) is 18.9 Å². The quantitative estimate of drug-likeness (QED) is 0.708. The number of hydrogen-bond acceptors (Lipinski definition) is 1. The third-order valence-electron chi connectivity index (χ3n) is 2.96. The molecule has 0 aromatic heterocycles. The van der Waals surface area contributed by atoms with Crippen LogP contribution in [0, 0.1) is 0 Å². The Morgan fingerprint density at radius 3 is 1.56 bits per heavy atom. The van der Waals surface area contributed by atoms with Crippen LogP contribution in [-0.2, 0) is 4.43 Å². The fourth-order valence-electron chi connectivity index (χ4n) is 1.95. The molecule has 0 N–H and O–H groups in total. The van der Waals surface area contributed by atoms with Gasteiger partial charge in [0.25, 0.3) is 0 Å². The van der Waals surface area contributed by atoms with Crippen LogP contribution in [0.2, 0.25) is 6.04 Å².